The predicted molar refractivity (Wildman–Crippen MR) is 41.6 cm³/mol. The lowest BCUT2D eigenvalue weighted by atomic mass is 9.80. The van der Waals surface area contributed by atoms with Gasteiger partial charge in [-0.15, -0.1) is 0 Å². The molecule has 3 heteroatoms. The highest BCUT2D eigenvalue weighted by Crippen LogP contribution is 2.50. The Morgan fingerprint density at radius 3 is 2.75 bits per heavy atom. The third-order valence-corrected chi connectivity index (χ3v) is 3.17. The molecule has 2 fully saturated rings. The molecule has 1 aliphatic heterocycles. The number of ketones is 1. The first-order chi connectivity index (χ1) is 5.54. The quantitative estimate of drug-likeness (QED) is 0.561. The first-order valence-electron chi connectivity index (χ1n) is 4.36. The number of fused-ring (bicyclic) bond motifs is 1. The van der Waals surface area contributed by atoms with Crippen molar-refractivity contribution in [3.63, 3.8) is 0 Å². The SMILES string of the molecule is CC(=O)[C@@H]1C[C@@H]2O[C@]2(C)[C@@H](F)C1. The van der Waals surface area contributed by atoms with Gasteiger partial charge in [-0.3, -0.25) is 4.79 Å². The number of Topliss-reactive ketones (excluding diaryl/α,β-unsaturated/α-hetero) is 1. The predicted octanol–water partition coefficient (Wildman–Crippen LogP) is 1.48. The monoisotopic (exact) mass is 172 g/mol. The number of epoxide rings is 1. The number of hydrogen-bond donors (Lipinski definition) is 0. The van der Waals surface area contributed by atoms with Crippen LogP contribution in [0, 0.1) is 5.92 Å². The van der Waals surface area contributed by atoms with Gasteiger partial charge in [-0.2, -0.15) is 0 Å². The number of alkyl halides is 1. The Bertz CT molecular complexity index is 229. The zero-order valence-electron chi connectivity index (χ0n) is 7.34. The normalized spacial score (nSPS) is 51.4. The van der Waals surface area contributed by atoms with Gasteiger partial charge in [0.05, 0.1) is 6.10 Å². The van der Waals surface area contributed by atoms with E-state index in [9.17, 15) is 9.18 Å². The number of rotatable bonds is 1. The van der Waals surface area contributed by atoms with Crippen LogP contribution < -0.4 is 0 Å². The highest BCUT2D eigenvalue weighted by molar-refractivity contribution is 5.78. The summed E-state index contributed by atoms with van der Waals surface area (Å²) in [6, 6.07) is 0. The molecule has 2 aliphatic rings. The molecule has 12 heavy (non-hydrogen) atoms. The fraction of sp³-hybridized carbons (Fsp3) is 0.889. The van der Waals surface area contributed by atoms with Crippen molar-refractivity contribution >= 4 is 5.78 Å². The highest BCUT2D eigenvalue weighted by Gasteiger charge is 2.62. The fourth-order valence-electron chi connectivity index (χ4n) is 2.00. The van der Waals surface area contributed by atoms with E-state index in [4.69, 9.17) is 4.74 Å². The Morgan fingerprint density at radius 2 is 2.25 bits per heavy atom. The van der Waals surface area contributed by atoms with Crippen molar-refractivity contribution in [2.45, 2.75) is 44.6 Å². The lowest BCUT2D eigenvalue weighted by Gasteiger charge is -2.23. The van der Waals surface area contributed by atoms with E-state index in [1.807, 2.05) is 0 Å². The maximum absolute atomic E-state index is 13.3. The van der Waals surface area contributed by atoms with Crippen LogP contribution in [0.25, 0.3) is 0 Å². The van der Waals surface area contributed by atoms with Crippen molar-refractivity contribution in [3.8, 4) is 0 Å². The van der Waals surface area contributed by atoms with Gasteiger partial charge in [0, 0.05) is 5.92 Å². The van der Waals surface area contributed by atoms with E-state index in [-0.39, 0.29) is 17.8 Å². The first kappa shape index (κ1) is 8.17. The third-order valence-electron chi connectivity index (χ3n) is 3.17. The minimum Gasteiger partial charge on any atom is -0.363 e. The third kappa shape index (κ3) is 0.993. The average molecular weight is 172 g/mol. The summed E-state index contributed by atoms with van der Waals surface area (Å²) in [6.07, 6.45) is 0.106. The topological polar surface area (TPSA) is 29.6 Å². The van der Waals surface area contributed by atoms with Gasteiger partial charge in [-0.25, -0.2) is 4.39 Å². The lowest BCUT2D eigenvalue weighted by molar-refractivity contribution is -0.122. The van der Waals surface area contributed by atoms with E-state index in [1.54, 1.807) is 6.92 Å². The van der Waals surface area contributed by atoms with Gasteiger partial charge >= 0.3 is 0 Å². The van der Waals surface area contributed by atoms with E-state index in [1.165, 1.54) is 6.92 Å². The van der Waals surface area contributed by atoms with Crippen LogP contribution in [-0.4, -0.2) is 23.7 Å². The number of halogens is 1. The molecule has 2 rings (SSSR count). The summed E-state index contributed by atoms with van der Waals surface area (Å²) in [5.74, 6) is -0.0178. The average Bonchev–Trinajstić information content (AvgIpc) is 2.62. The number of hydrogen-bond acceptors (Lipinski definition) is 2. The highest BCUT2D eigenvalue weighted by atomic mass is 19.1. The smallest absolute Gasteiger partial charge is 0.133 e. The minimum atomic E-state index is -0.954. The summed E-state index contributed by atoms with van der Waals surface area (Å²) in [4.78, 5) is 11.0. The van der Waals surface area contributed by atoms with Crippen LogP contribution in [0.4, 0.5) is 4.39 Å². The maximum atomic E-state index is 13.3. The van der Waals surface area contributed by atoms with Crippen molar-refractivity contribution in [2.75, 3.05) is 0 Å². The molecule has 1 saturated heterocycles. The Kier molecular flexibility index (Phi) is 1.55. The molecular formula is C9H13FO2. The zero-order valence-corrected chi connectivity index (χ0v) is 7.34. The van der Waals surface area contributed by atoms with E-state index in [0.29, 0.717) is 12.8 Å². The summed E-state index contributed by atoms with van der Waals surface area (Å²) >= 11 is 0. The Morgan fingerprint density at radius 1 is 1.58 bits per heavy atom. The van der Waals surface area contributed by atoms with E-state index >= 15 is 0 Å². The molecule has 1 saturated carbocycles. The van der Waals surface area contributed by atoms with Crippen LogP contribution >= 0.6 is 0 Å². The Labute approximate surface area is 71.1 Å². The van der Waals surface area contributed by atoms with Crippen LogP contribution in [0.1, 0.15) is 26.7 Å². The largest absolute Gasteiger partial charge is 0.363 e. The van der Waals surface area contributed by atoms with Crippen LogP contribution in [0.15, 0.2) is 0 Å². The summed E-state index contributed by atoms with van der Waals surface area (Å²) in [5, 5.41) is 0. The lowest BCUT2D eigenvalue weighted by Crippen LogP contribution is -2.35. The minimum absolute atomic E-state index is 0.00449. The molecule has 0 aromatic heterocycles. The molecule has 0 amide bonds. The molecule has 0 unspecified atom stereocenters. The molecule has 4 atom stereocenters. The summed E-state index contributed by atoms with van der Waals surface area (Å²) in [7, 11) is 0. The van der Waals surface area contributed by atoms with E-state index < -0.39 is 11.8 Å². The molecule has 0 radical (unpaired) electrons. The van der Waals surface area contributed by atoms with Crippen LogP contribution in [0.5, 0.6) is 0 Å². The van der Waals surface area contributed by atoms with Gasteiger partial charge in [-0.05, 0) is 26.7 Å². The second kappa shape index (κ2) is 2.28. The van der Waals surface area contributed by atoms with E-state index in [0.717, 1.165) is 0 Å². The second-order valence-corrected chi connectivity index (χ2v) is 4.04. The Hall–Kier alpha value is -0.440. The molecule has 0 N–H and O–H groups in total. The standard InChI is InChI=1S/C9H13FO2/c1-5(11)6-3-7(10)9(2)8(4-6)12-9/h6-8H,3-4H2,1-2H3/t6-,7-,8-,9+/m0/s1. The second-order valence-electron chi connectivity index (χ2n) is 4.04. The van der Waals surface area contributed by atoms with Crippen LogP contribution in [0.3, 0.4) is 0 Å². The molecule has 68 valence electrons. The molecule has 0 aromatic rings. The van der Waals surface area contributed by atoms with Crippen molar-refractivity contribution in [3.05, 3.63) is 0 Å². The van der Waals surface area contributed by atoms with E-state index in [2.05, 4.69) is 0 Å². The van der Waals surface area contributed by atoms with Gasteiger partial charge in [0.2, 0.25) is 0 Å². The molecular weight excluding hydrogens is 159 g/mol. The summed E-state index contributed by atoms with van der Waals surface area (Å²) < 4.78 is 18.6. The van der Waals surface area contributed by atoms with Crippen molar-refractivity contribution in [1.82, 2.24) is 0 Å². The Balaban J connectivity index is 2.06. The molecule has 1 heterocycles. The van der Waals surface area contributed by atoms with Gasteiger partial charge in [0.1, 0.15) is 17.6 Å². The van der Waals surface area contributed by atoms with Crippen LogP contribution in [0.2, 0.25) is 0 Å². The zero-order chi connectivity index (χ0) is 8.93. The molecule has 0 aromatic carbocycles. The number of carbonyl (C=O) groups excluding carboxylic acids is 1. The number of carbonyl (C=O) groups is 1. The van der Waals surface area contributed by atoms with Crippen LogP contribution in [-0.2, 0) is 9.53 Å². The molecule has 2 nitrogen and oxygen atoms in total. The van der Waals surface area contributed by atoms with Gasteiger partial charge in [-0.1, -0.05) is 0 Å². The summed E-state index contributed by atoms with van der Waals surface area (Å²) in [6.45, 7) is 3.32. The number of ether oxygens (including phenoxy) is 1. The molecule has 1 aliphatic carbocycles. The van der Waals surface area contributed by atoms with Gasteiger partial charge in [0.25, 0.3) is 0 Å². The molecule has 0 spiro atoms. The van der Waals surface area contributed by atoms with Crippen molar-refractivity contribution in [1.29, 1.82) is 0 Å². The maximum Gasteiger partial charge on any atom is 0.133 e. The van der Waals surface area contributed by atoms with Gasteiger partial charge < -0.3 is 4.74 Å². The summed E-state index contributed by atoms with van der Waals surface area (Å²) in [5.41, 5.74) is -0.550. The van der Waals surface area contributed by atoms with Crippen molar-refractivity contribution in [2.24, 2.45) is 5.92 Å². The van der Waals surface area contributed by atoms with Gasteiger partial charge in [0.15, 0.2) is 0 Å². The molecule has 0 bridgehead atoms. The van der Waals surface area contributed by atoms with Crippen molar-refractivity contribution < 1.29 is 13.9 Å². The first-order valence-corrected chi connectivity index (χ1v) is 4.36. The fourth-order valence-corrected chi connectivity index (χ4v) is 2.00.